The Labute approximate surface area is 354 Å². The van der Waals surface area contributed by atoms with Gasteiger partial charge in [-0.3, -0.25) is 24.0 Å². The van der Waals surface area contributed by atoms with Crippen molar-refractivity contribution in [2.45, 2.75) is 126 Å². The zero-order valence-corrected chi connectivity index (χ0v) is 35.8. The Morgan fingerprint density at radius 3 is 2.34 bits per heavy atom. The van der Waals surface area contributed by atoms with E-state index in [0.29, 0.717) is 24.7 Å². The lowest BCUT2D eigenvalue weighted by atomic mass is 9.84. The van der Waals surface area contributed by atoms with Crippen LogP contribution in [0.5, 0.6) is 11.6 Å². The molecule has 3 heterocycles. The number of hydrogen-bond donors (Lipinski definition) is 3. The first-order chi connectivity index (χ1) is 28.7. The number of carbonyl (C=O) groups excluding carboxylic acids is 3. The molecular formula is C41H51F6N5O9S. The number of benzene rings is 1. The van der Waals surface area contributed by atoms with Crippen LogP contribution >= 0.6 is 0 Å². The van der Waals surface area contributed by atoms with Crippen LogP contribution in [0.25, 0.3) is 10.8 Å². The standard InChI is InChI=1S/C41H51F6N5O9S/c1-22-9-7-8-10-25-19-40(25,35(55)50-62(58,59)39(21-42)13-14-39)49-32(53)29-18-27(61-33-28-12-11-26(60-6)16-24(28)17-30(48-33)41(45,46)47)20-51(29)34(54)31(23(2)15-22)52(36(56)57)37(3,4)38(5,43)44/h8,10-12,16-17,22-23,25,27,29,31H,7,9,13-15,18-21H2,1-6H3,(H,49,53)(H,50,55)(H,56,57)/t22-,23-,25-,27-,29+,31+,40-/m1/s1. The smallest absolute Gasteiger partial charge is 0.433 e. The topological polar surface area (TPSA) is 185 Å². The highest BCUT2D eigenvalue weighted by Gasteiger charge is 2.64. The third kappa shape index (κ3) is 8.73. The number of allylic oxidation sites excluding steroid dienone is 1. The molecule has 6 rings (SSSR count). The van der Waals surface area contributed by atoms with Crippen molar-refractivity contribution in [1.82, 2.24) is 24.8 Å². The highest BCUT2D eigenvalue weighted by Crippen LogP contribution is 2.48. The monoisotopic (exact) mass is 903 g/mol. The predicted molar refractivity (Wildman–Crippen MR) is 211 cm³/mol. The zero-order valence-electron chi connectivity index (χ0n) is 35.0. The van der Waals surface area contributed by atoms with E-state index in [0.717, 1.165) is 24.8 Å². The molecule has 2 aliphatic carbocycles. The molecule has 2 aliphatic heterocycles. The Balaban J connectivity index is 1.45. The van der Waals surface area contributed by atoms with Crippen LogP contribution in [0.4, 0.5) is 31.1 Å². The second-order valence-corrected chi connectivity index (χ2v) is 19.8. The van der Waals surface area contributed by atoms with Crippen LogP contribution in [-0.4, -0.2) is 112 Å². The zero-order chi connectivity index (χ0) is 46.0. The Bertz CT molecular complexity index is 2250. The van der Waals surface area contributed by atoms with Crippen LogP contribution in [0, 0.1) is 17.8 Å². The third-order valence-electron chi connectivity index (χ3n) is 13.0. The first kappa shape index (κ1) is 46.7. The van der Waals surface area contributed by atoms with Gasteiger partial charge in [0.2, 0.25) is 27.7 Å². The van der Waals surface area contributed by atoms with E-state index >= 15 is 13.6 Å². The number of fused-ring (bicyclic) bond motifs is 3. The third-order valence-corrected chi connectivity index (χ3v) is 15.1. The van der Waals surface area contributed by atoms with Gasteiger partial charge in [-0.2, -0.15) is 13.2 Å². The molecule has 3 fully saturated rings. The van der Waals surface area contributed by atoms with E-state index in [1.807, 2.05) is 11.6 Å². The number of halogens is 6. The summed E-state index contributed by atoms with van der Waals surface area (Å²) in [5.41, 5.74) is -5.77. The lowest BCUT2D eigenvalue weighted by molar-refractivity contribution is -0.156. The minimum absolute atomic E-state index is 0.0163. The molecule has 2 saturated carbocycles. The second kappa shape index (κ2) is 16.4. The van der Waals surface area contributed by atoms with Crippen molar-refractivity contribution < 1.29 is 68.5 Å². The maximum atomic E-state index is 15.4. The maximum absolute atomic E-state index is 15.4. The molecule has 0 radical (unpaired) electrons. The minimum atomic E-state index is -4.95. The first-order valence-corrected chi connectivity index (χ1v) is 21.7. The van der Waals surface area contributed by atoms with Crippen molar-refractivity contribution in [2.75, 3.05) is 20.3 Å². The Hall–Kier alpha value is -4.82. The normalized spacial score (nSPS) is 28.2. The van der Waals surface area contributed by atoms with Crippen LogP contribution in [-0.2, 0) is 30.6 Å². The number of rotatable bonds is 10. The number of alkyl halides is 6. The summed E-state index contributed by atoms with van der Waals surface area (Å²) in [5, 5.41) is 13.3. The van der Waals surface area contributed by atoms with E-state index in [9.17, 15) is 45.5 Å². The SMILES string of the molecule is COc1ccc2c(O[C@@H]3C[C@H]4C(=O)N[C@]5(C(=O)NS(=O)(=O)C6(CF)CC6)C[C@H]5C=CCC[C@@H](C)C[C@@H](C)[C@H](N(C(=O)O)C(C)(C)C(C)(F)F)C(=O)N4C3)nc(C(F)(F)F)cc2c1. The fraction of sp³-hybridized carbons (Fsp3) is 0.634. The molecule has 0 unspecified atom stereocenters. The molecule has 2 aromatic rings. The first-order valence-electron chi connectivity index (χ1n) is 20.3. The number of sulfonamides is 1. The number of aromatic nitrogens is 1. The van der Waals surface area contributed by atoms with E-state index < -0.39 is 123 Å². The van der Waals surface area contributed by atoms with Crippen molar-refractivity contribution in [3.63, 3.8) is 0 Å². The summed E-state index contributed by atoms with van der Waals surface area (Å²) < 4.78 is 125. The largest absolute Gasteiger partial charge is 0.497 e. The molecule has 7 atom stereocenters. The Morgan fingerprint density at radius 2 is 1.76 bits per heavy atom. The summed E-state index contributed by atoms with van der Waals surface area (Å²) in [6, 6.07) is 1.42. The number of ether oxygens (including phenoxy) is 2. The van der Waals surface area contributed by atoms with Gasteiger partial charge in [-0.25, -0.2) is 31.4 Å². The summed E-state index contributed by atoms with van der Waals surface area (Å²) in [7, 11) is -3.25. The van der Waals surface area contributed by atoms with Crippen molar-refractivity contribution in [3.8, 4) is 11.6 Å². The Morgan fingerprint density at radius 1 is 1.08 bits per heavy atom. The van der Waals surface area contributed by atoms with Gasteiger partial charge in [0.05, 0.1) is 13.7 Å². The summed E-state index contributed by atoms with van der Waals surface area (Å²) in [4.78, 5) is 61.8. The average Bonchev–Trinajstić information content (AvgIpc) is 4.08. The van der Waals surface area contributed by atoms with Gasteiger partial charge in [-0.15, -0.1) is 0 Å². The van der Waals surface area contributed by atoms with Crippen molar-refractivity contribution in [1.29, 1.82) is 0 Å². The molecule has 14 nitrogen and oxygen atoms in total. The van der Waals surface area contributed by atoms with Crippen LogP contribution < -0.4 is 19.5 Å². The van der Waals surface area contributed by atoms with Crippen LogP contribution in [0.15, 0.2) is 36.4 Å². The van der Waals surface area contributed by atoms with Crippen molar-refractivity contribution in [3.05, 3.63) is 42.1 Å². The number of pyridine rings is 1. The number of hydrogen-bond acceptors (Lipinski definition) is 9. The van der Waals surface area contributed by atoms with Crippen LogP contribution in [0.2, 0.25) is 0 Å². The van der Waals surface area contributed by atoms with Gasteiger partial charge < -0.3 is 24.8 Å². The second-order valence-electron chi connectivity index (χ2n) is 17.8. The van der Waals surface area contributed by atoms with Gasteiger partial charge in [0, 0.05) is 24.6 Å². The highest BCUT2D eigenvalue weighted by atomic mass is 32.2. The van der Waals surface area contributed by atoms with Crippen molar-refractivity contribution in [2.24, 2.45) is 17.8 Å². The lowest BCUT2D eigenvalue weighted by Crippen LogP contribution is -2.66. The van der Waals surface area contributed by atoms with Crippen LogP contribution in [0.1, 0.15) is 85.3 Å². The molecule has 1 saturated heterocycles. The lowest BCUT2D eigenvalue weighted by Gasteiger charge is -2.47. The van der Waals surface area contributed by atoms with Gasteiger partial charge in [0.1, 0.15) is 52.1 Å². The fourth-order valence-electron chi connectivity index (χ4n) is 8.54. The number of carbonyl (C=O) groups is 4. The molecule has 1 aromatic heterocycles. The highest BCUT2D eigenvalue weighted by molar-refractivity contribution is 7.91. The quantitative estimate of drug-likeness (QED) is 0.183. The van der Waals surface area contributed by atoms with Gasteiger partial charge in [0.25, 0.3) is 11.8 Å². The summed E-state index contributed by atoms with van der Waals surface area (Å²) in [5.74, 6) is -9.28. The van der Waals surface area contributed by atoms with E-state index in [-0.39, 0.29) is 48.1 Å². The molecule has 342 valence electrons. The predicted octanol–water partition coefficient (Wildman–Crippen LogP) is 6.23. The average molecular weight is 904 g/mol. The maximum Gasteiger partial charge on any atom is 0.433 e. The van der Waals surface area contributed by atoms with Gasteiger partial charge in [-0.1, -0.05) is 26.0 Å². The van der Waals surface area contributed by atoms with Crippen LogP contribution in [0.3, 0.4) is 0 Å². The fourth-order valence-corrected chi connectivity index (χ4v) is 9.96. The summed E-state index contributed by atoms with van der Waals surface area (Å²) in [6.45, 7) is 3.94. The molecule has 4 amide bonds. The minimum Gasteiger partial charge on any atom is -0.497 e. The Kier molecular flexibility index (Phi) is 12.3. The number of nitrogens with zero attached hydrogens (tertiary/aromatic N) is 3. The number of carboxylic acid groups (broad SMARTS) is 1. The summed E-state index contributed by atoms with van der Waals surface area (Å²) in [6.07, 6.45) is -4.43. The van der Waals surface area contributed by atoms with Gasteiger partial charge in [0.15, 0.2) is 0 Å². The van der Waals surface area contributed by atoms with Gasteiger partial charge >= 0.3 is 12.3 Å². The molecule has 1 aromatic carbocycles. The molecule has 21 heteroatoms. The molecule has 4 aliphatic rings. The molecular weight excluding hydrogens is 853 g/mol. The molecule has 3 N–H and O–H groups in total. The van der Waals surface area contributed by atoms with E-state index in [2.05, 4.69) is 10.3 Å². The number of nitrogens with one attached hydrogen (secondary N) is 2. The van der Waals surface area contributed by atoms with E-state index in [4.69, 9.17) is 9.47 Å². The van der Waals surface area contributed by atoms with Crippen molar-refractivity contribution >= 4 is 44.6 Å². The van der Waals surface area contributed by atoms with Gasteiger partial charge in [-0.05, 0) is 93.9 Å². The molecule has 0 bridgehead atoms. The molecule has 0 spiro atoms. The van der Waals surface area contributed by atoms with E-state index in [1.165, 1.54) is 32.2 Å². The summed E-state index contributed by atoms with van der Waals surface area (Å²) >= 11 is 0. The number of amides is 4. The number of methoxy groups -OCH3 is 1. The van der Waals surface area contributed by atoms with E-state index in [1.54, 1.807) is 12.2 Å². The molecule has 62 heavy (non-hydrogen) atoms.